The molecule has 0 saturated carbocycles. The second-order valence-electron chi connectivity index (χ2n) is 9.25. The fourth-order valence-electron chi connectivity index (χ4n) is 4.37. The number of allylic oxidation sites excluding steroid dienone is 6. The van der Waals surface area contributed by atoms with Gasteiger partial charge in [0.15, 0.2) is 5.65 Å². The van der Waals surface area contributed by atoms with Gasteiger partial charge in [0.25, 0.3) is 0 Å². The van der Waals surface area contributed by atoms with E-state index in [2.05, 4.69) is 21.2 Å². The number of halogens is 3. The summed E-state index contributed by atoms with van der Waals surface area (Å²) in [7, 11) is -2.22. The van der Waals surface area contributed by atoms with Crippen molar-refractivity contribution in [3.63, 3.8) is 0 Å². The van der Waals surface area contributed by atoms with Gasteiger partial charge in [0, 0.05) is 36.0 Å². The molecule has 0 aliphatic heterocycles. The van der Waals surface area contributed by atoms with Gasteiger partial charge in [-0.3, -0.25) is 0 Å². The summed E-state index contributed by atoms with van der Waals surface area (Å²) in [5, 5.41) is 8.70. The molecule has 0 amide bonds. The Hall–Kier alpha value is -3.28. The lowest BCUT2D eigenvalue weighted by Crippen LogP contribution is -2.27. The zero-order valence-corrected chi connectivity index (χ0v) is 22.2. The number of benzene rings is 1. The summed E-state index contributed by atoms with van der Waals surface area (Å²) in [6, 6.07) is 4.29. The third-order valence-electron chi connectivity index (χ3n) is 6.52. The van der Waals surface area contributed by atoms with Crippen molar-refractivity contribution in [3.8, 4) is 0 Å². The lowest BCUT2D eigenvalue weighted by atomic mass is 9.98. The van der Waals surface area contributed by atoms with E-state index in [-0.39, 0.29) is 6.54 Å². The zero-order chi connectivity index (χ0) is 26.9. The van der Waals surface area contributed by atoms with E-state index in [1.54, 1.807) is 10.7 Å². The first kappa shape index (κ1) is 26.3. The van der Waals surface area contributed by atoms with E-state index in [1.165, 1.54) is 0 Å². The number of rotatable bonds is 8. The van der Waals surface area contributed by atoms with Gasteiger partial charge in [0.05, 0.1) is 5.69 Å². The Kier molecular flexibility index (Phi) is 7.51. The minimum Gasteiger partial charge on any atom is -0.366 e. The molecule has 0 unspecified atom stereocenters. The Morgan fingerprint density at radius 1 is 1.08 bits per heavy atom. The minimum absolute atomic E-state index is 0.0137. The van der Waals surface area contributed by atoms with Gasteiger partial charge in [-0.2, -0.15) is 9.61 Å². The van der Waals surface area contributed by atoms with Crippen molar-refractivity contribution in [3.05, 3.63) is 88.3 Å². The van der Waals surface area contributed by atoms with Crippen LogP contribution in [0.25, 0.3) is 11.2 Å². The molecule has 3 aromatic rings. The summed E-state index contributed by atoms with van der Waals surface area (Å²) >= 11 is 6.50. The van der Waals surface area contributed by atoms with Crippen molar-refractivity contribution >= 4 is 52.0 Å². The van der Waals surface area contributed by atoms with Gasteiger partial charge in [0.1, 0.15) is 30.2 Å². The largest absolute Gasteiger partial charge is 0.366 e. The lowest BCUT2D eigenvalue weighted by molar-refractivity contribution is 0.547. The summed E-state index contributed by atoms with van der Waals surface area (Å²) in [5.41, 5.74) is 5.37. The van der Waals surface area contributed by atoms with E-state index in [0.717, 1.165) is 69.3 Å². The maximum atomic E-state index is 13.9. The molecule has 0 bridgehead atoms. The Labute approximate surface area is 225 Å². The van der Waals surface area contributed by atoms with E-state index in [4.69, 9.17) is 16.6 Å². The molecule has 0 saturated heterocycles. The Morgan fingerprint density at radius 3 is 2.58 bits per heavy atom. The molecule has 1 aromatic carbocycles. The van der Waals surface area contributed by atoms with Crippen LogP contribution in [0.15, 0.2) is 75.8 Å². The minimum atomic E-state index is -4.18. The van der Waals surface area contributed by atoms with Crippen LogP contribution in [0.2, 0.25) is 0 Å². The molecule has 7 nitrogen and oxygen atoms in total. The van der Waals surface area contributed by atoms with E-state index in [1.807, 2.05) is 32.1 Å². The lowest BCUT2D eigenvalue weighted by Gasteiger charge is -2.18. The maximum Gasteiger partial charge on any atom is 0.243 e. The Bertz CT molecular complexity index is 1650. The number of hydrogen-bond donors (Lipinski definition) is 2. The number of aromatic nitrogens is 3. The van der Waals surface area contributed by atoms with Crippen LogP contribution in [-0.2, 0) is 10.0 Å². The predicted molar refractivity (Wildman–Crippen MR) is 148 cm³/mol. The topological polar surface area (TPSA) is 88.4 Å². The quantitative estimate of drug-likeness (QED) is 0.415. The third-order valence-corrected chi connectivity index (χ3v) is 8.33. The van der Waals surface area contributed by atoms with E-state index in [0.29, 0.717) is 25.5 Å². The van der Waals surface area contributed by atoms with Crippen LogP contribution >= 0.6 is 11.6 Å². The van der Waals surface area contributed by atoms with Gasteiger partial charge >= 0.3 is 0 Å². The summed E-state index contributed by atoms with van der Waals surface area (Å²) in [5.74, 6) is -1.03. The van der Waals surface area contributed by atoms with Crippen LogP contribution < -0.4 is 15.5 Å². The summed E-state index contributed by atoms with van der Waals surface area (Å²) in [6.45, 7) is 0.573. The van der Waals surface area contributed by atoms with Crippen LogP contribution in [0.1, 0.15) is 31.4 Å². The van der Waals surface area contributed by atoms with Crippen molar-refractivity contribution in [2.75, 3.05) is 18.4 Å². The third kappa shape index (κ3) is 5.60. The molecule has 5 rings (SSSR count). The monoisotopic (exact) mass is 555 g/mol. The Balaban J connectivity index is 1.28. The van der Waals surface area contributed by atoms with Gasteiger partial charge in [-0.1, -0.05) is 47.1 Å². The molecule has 0 spiro atoms. The van der Waals surface area contributed by atoms with Crippen LogP contribution in [0.3, 0.4) is 0 Å². The van der Waals surface area contributed by atoms with Crippen LogP contribution in [-0.4, -0.2) is 44.0 Å². The summed E-state index contributed by atoms with van der Waals surface area (Å²) in [6.07, 6.45) is 12.7. The molecular formula is C26H25BClF2N5O2S. The highest BCUT2D eigenvalue weighted by Crippen LogP contribution is 2.30. The molecule has 12 heteroatoms. The first-order chi connectivity index (χ1) is 18.2. The van der Waals surface area contributed by atoms with Gasteiger partial charge < -0.3 is 5.32 Å². The summed E-state index contributed by atoms with van der Waals surface area (Å²) < 4.78 is 56.4. The molecule has 0 fully saturated rings. The second-order valence-corrected chi connectivity index (χ2v) is 11.4. The highest BCUT2D eigenvalue weighted by atomic mass is 35.5. The van der Waals surface area contributed by atoms with Crippen LogP contribution in [0, 0.1) is 11.6 Å². The van der Waals surface area contributed by atoms with Crippen molar-refractivity contribution in [2.24, 2.45) is 0 Å². The van der Waals surface area contributed by atoms with Gasteiger partial charge in [-0.05, 0) is 49.3 Å². The SMILES string of the molecule is Bc1cnn2c(NCC3=CC=C(CNS(=O)(=O)c4cc(F)ccc4F)CC3)cc(C3=C(Cl)CCC=C3)nc12. The molecule has 196 valence electrons. The molecule has 2 heterocycles. The molecule has 2 N–H and O–H groups in total. The van der Waals surface area contributed by atoms with Gasteiger partial charge in [-0.15, -0.1) is 0 Å². The second kappa shape index (κ2) is 10.8. The smallest absolute Gasteiger partial charge is 0.243 e. The molecule has 2 aliphatic rings. The molecule has 0 radical (unpaired) electrons. The fraction of sp³-hybridized carbons (Fsp3) is 0.231. The number of sulfonamides is 1. The van der Waals surface area contributed by atoms with Gasteiger partial charge in [-0.25, -0.2) is 26.9 Å². The highest BCUT2D eigenvalue weighted by Gasteiger charge is 2.21. The first-order valence-corrected chi connectivity index (χ1v) is 14.0. The van der Waals surface area contributed by atoms with Crippen LogP contribution in [0.5, 0.6) is 0 Å². The average molecular weight is 556 g/mol. The van der Waals surface area contributed by atoms with Crippen LogP contribution in [0.4, 0.5) is 14.6 Å². The summed E-state index contributed by atoms with van der Waals surface area (Å²) in [4.78, 5) is 4.09. The first-order valence-electron chi connectivity index (χ1n) is 12.2. The predicted octanol–water partition coefficient (Wildman–Crippen LogP) is 3.60. The average Bonchev–Trinajstić information content (AvgIpc) is 3.29. The molecular weight excluding hydrogens is 531 g/mol. The van der Waals surface area contributed by atoms with Crippen molar-refractivity contribution in [2.45, 2.75) is 30.6 Å². The Morgan fingerprint density at radius 2 is 1.84 bits per heavy atom. The number of nitrogens with zero attached hydrogens (tertiary/aromatic N) is 3. The van der Waals surface area contributed by atoms with E-state index in [9.17, 15) is 17.2 Å². The van der Waals surface area contributed by atoms with Crippen molar-refractivity contribution < 1.29 is 17.2 Å². The molecule has 0 atom stereocenters. The number of fused-ring (bicyclic) bond motifs is 1. The standard InChI is InChI=1S/C26H25BClF2N5O2S/c27-20-15-32-35-25(12-23(34-26(20)35)19-3-1-2-4-21(19)28)31-13-16-5-7-17(8-6-16)14-33-38(36,37)24-11-18(29)9-10-22(24)30/h1,3,5,7,9-12,15,31,33H,2,4,6,8,13-14,27H2. The normalized spacial score (nSPS) is 16.1. The molecule has 38 heavy (non-hydrogen) atoms. The number of anilines is 1. The molecule has 2 aliphatic carbocycles. The number of nitrogens with one attached hydrogen (secondary N) is 2. The van der Waals surface area contributed by atoms with E-state index >= 15 is 0 Å². The molecule has 2 aromatic heterocycles. The zero-order valence-electron chi connectivity index (χ0n) is 20.6. The van der Waals surface area contributed by atoms with E-state index < -0.39 is 26.6 Å². The van der Waals surface area contributed by atoms with Crippen molar-refractivity contribution in [1.29, 1.82) is 0 Å². The maximum absolute atomic E-state index is 13.9. The van der Waals surface area contributed by atoms with Crippen molar-refractivity contribution in [1.82, 2.24) is 19.3 Å². The van der Waals surface area contributed by atoms with Gasteiger partial charge in [0.2, 0.25) is 10.0 Å². The highest BCUT2D eigenvalue weighted by molar-refractivity contribution is 7.89. The fourth-order valence-corrected chi connectivity index (χ4v) is 5.76. The number of hydrogen-bond acceptors (Lipinski definition) is 5.